The normalized spacial score (nSPS) is 10.7. The zero-order valence-corrected chi connectivity index (χ0v) is 16.3. The molecule has 0 heterocycles. The zero-order valence-electron chi connectivity index (χ0n) is 16.3. The number of hydrogen-bond donors (Lipinski definition) is 1. The molecule has 3 nitrogen and oxygen atoms in total. The van der Waals surface area contributed by atoms with Gasteiger partial charge in [-0.15, -0.1) is 0 Å². The molecule has 3 heteroatoms. The van der Waals surface area contributed by atoms with Gasteiger partial charge in [0.15, 0.2) is 6.29 Å². The lowest BCUT2D eigenvalue weighted by molar-refractivity contribution is -0.104. The monoisotopic (exact) mass is 363 g/mol. The molecule has 0 aromatic heterocycles. The Morgan fingerprint density at radius 2 is 1.56 bits per heavy atom. The highest BCUT2D eigenvalue weighted by molar-refractivity contribution is 5.98. The molecule has 2 aromatic carbocycles. The van der Waals surface area contributed by atoms with Crippen molar-refractivity contribution in [3.63, 3.8) is 0 Å². The van der Waals surface area contributed by atoms with Gasteiger partial charge in [0.2, 0.25) is 0 Å². The second-order valence-corrected chi connectivity index (χ2v) is 6.35. The number of unbranched alkanes of at least 4 members (excludes halogenated alkanes) is 1. The molecule has 0 aliphatic heterocycles. The van der Waals surface area contributed by atoms with E-state index in [0.29, 0.717) is 24.4 Å². The number of allylic oxidation sites excluding steroid dienone is 1. The maximum absolute atomic E-state index is 11.0. The molecule has 1 N–H and O–H groups in total. The van der Waals surface area contributed by atoms with Crippen LogP contribution in [0.3, 0.4) is 0 Å². The molecule has 0 bridgehead atoms. The molecule has 0 aliphatic carbocycles. The zero-order chi connectivity index (χ0) is 19.9. The fourth-order valence-electron chi connectivity index (χ4n) is 2.75. The van der Waals surface area contributed by atoms with Crippen LogP contribution in [0.1, 0.15) is 50.7 Å². The molecular formula is C24H29NO2. The first-order valence-electron chi connectivity index (χ1n) is 9.52. The summed E-state index contributed by atoms with van der Waals surface area (Å²) in [5.41, 5.74) is 2.56. The van der Waals surface area contributed by atoms with E-state index < -0.39 is 0 Å². The molecule has 0 fully saturated rings. The smallest absolute Gasteiger partial charge is 0.161 e. The number of nitrogens with zero attached hydrogens (tertiary/aromatic N) is 1. The van der Waals surface area contributed by atoms with Crippen LogP contribution in [0.2, 0.25) is 0 Å². The Morgan fingerprint density at radius 1 is 1.04 bits per heavy atom. The average Bonchev–Trinajstić information content (AvgIpc) is 2.74. The van der Waals surface area contributed by atoms with E-state index in [2.05, 4.69) is 13.8 Å². The molecule has 0 amide bonds. The quantitative estimate of drug-likeness (QED) is 0.388. The fourth-order valence-corrected chi connectivity index (χ4v) is 2.75. The van der Waals surface area contributed by atoms with Gasteiger partial charge in [0.1, 0.15) is 11.6 Å². The van der Waals surface area contributed by atoms with E-state index in [1.165, 1.54) is 19.3 Å². The molecule has 0 saturated carbocycles. The van der Waals surface area contributed by atoms with Crippen LogP contribution in [0.5, 0.6) is 0 Å². The highest BCUT2D eigenvalue weighted by atomic mass is 16.3. The Bertz CT molecular complexity index is 684. The predicted molar refractivity (Wildman–Crippen MR) is 111 cm³/mol. The standard InChI is InChI=1S/C16H11NO.C8H18O/c17-11-15(12-18)16(13-7-3-1-4-8-13)14-9-5-2-6-10-14;1-3-5-6-8(4-2)7-9/h1-10,12H;8-9H,3-7H2,1-2H3. The summed E-state index contributed by atoms with van der Waals surface area (Å²) in [7, 11) is 0. The topological polar surface area (TPSA) is 61.1 Å². The van der Waals surface area contributed by atoms with Crippen molar-refractivity contribution in [3.05, 3.63) is 77.4 Å². The van der Waals surface area contributed by atoms with Gasteiger partial charge in [0, 0.05) is 12.2 Å². The van der Waals surface area contributed by atoms with Crippen LogP contribution >= 0.6 is 0 Å². The number of nitriles is 1. The molecule has 2 aromatic rings. The van der Waals surface area contributed by atoms with E-state index in [0.717, 1.165) is 17.5 Å². The number of hydrogen-bond acceptors (Lipinski definition) is 3. The SMILES string of the molecule is CCCCC(CC)CO.N#CC(C=O)=C(c1ccccc1)c1ccccc1. The lowest BCUT2D eigenvalue weighted by atomic mass is 9.94. The van der Waals surface area contributed by atoms with E-state index >= 15 is 0 Å². The number of benzene rings is 2. The first-order chi connectivity index (χ1) is 13.2. The van der Waals surface area contributed by atoms with Gasteiger partial charge in [0.25, 0.3) is 0 Å². The van der Waals surface area contributed by atoms with E-state index in [9.17, 15) is 4.79 Å². The van der Waals surface area contributed by atoms with E-state index in [-0.39, 0.29) is 5.57 Å². The first-order valence-corrected chi connectivity index (χ1v) is 9.52. The number of carbonyl (C=O) groups is 1. The van der Waals surface area contributed by atoms with Crippen LogP contribution < -0.4 is 0 Å². The van der Waals surface area contributed by atoms with Crippen molar-refractivity contribution < 1.29 is 9.90 Å². The Balaban J connectivity index is 0.000000345. The van der Waals surface area contributed by atoms with Gasteiger partial charge in [-0.3, -0.25) is 4.79 Å². The molecule has 142 valence electrons. The third-order valence-electron chi connectivity index (χ3n) is 4.43. The molecule has 0 aliphatic rings. The van der Waals surface area contributed by atoms with Gasteiger partial charge < -0.3 is 5.11 Å². The predicted octanol–water partition coefficient (Wildman–Crippen LogP) is 5.41. The first kappa shape index (κ1) is 22.3. The van der Waals surface area contributed by atoms with Gasteiger partial charge in [-0.1, -0.05) is 93.8 Å². The summed E-state index contributed by atoms with van der Waals surface area (Å²) in [6.45, 7) is 4.69. The molecule has 1 unspecified atom stereocenters. The second-order valence-electron chi connectivity index (χ2n) is 6.35. The minimum atomic E-state index is 0.146. The van der Waals surface area contributed by atoms with Crippen molar-refractivity contribution in [1.82, 2.24) is 0 Å². The van der Waals surface area contributed by atoms with Crippen LogP contribution in [0.25, 0.3) is 5.57 Å². The third-order valence-corrected chi connectivity index (χ3v) is 4.43. The molecule has 2 rings (SSSR count). The Hall–Kier alpha value is -2.70. The highest BCUT2D eigenvalue weighted by Gasteiger charge is 2.10. The van der Waals surface area contributed by atoms with Gasteiger partial charge in [-0.25, -0.2) is 0 Å². The van der Waals surface area contributed by atoms with Gasteiger partial charge in [-0.2, -0.15) is 5.26 Å². The maximum atomic E-state index is 11.0. The van der Waals surface area contributed by atoms with Crippen molar-refractivity contribution in [2.45, 2.75) is 39.5 Å². The number of aldehydes is 1. The Kier molecular flexibility index (Phi) is 11.2. The average molecular weight is 364 g/mol. The minimum Gasteiger partial charge on any atom is -0.396 e. The highest BCUT2D eigenvalue weighted by Crippen LogP contribution is 2.25. The van der Waals surface area contributed by atoms with E-state index in [1.54, 1.807) is 0 Å². The van der Waals surface area contributed by atoms with Crippen molar-refractivity contribution in [3.8, 4) is 6.07 Å². The lowest BCUT2D eigenvalue weighted by Crippen LogP contribution is -2.03. The molecule has 27 heavy (non-hydrogen) atoms. The van der Waals surface area contributed by atoms with Gasteiger partial charge in [-0.05, 0) is 23.5 Å². The van der Waals surface area contributed by atoms with Gasteiger partial charge >= 0.3 is 0 Å². The van der Waals surface area contributed by atoms with Crippen molar-refractivity contribution in [2.75, 3.05) is 6.61 Å². The van der Waals surface area contributed by atoms with Crippen LogP contribution in [-0.4, -0.2) is 18.0 Å². The molecule has 0 radical (unpaired) electrons. The summed E-state index contributed by atoms with van der Waals surface area (Å²) in [6, 6.07) is 20.9. The largest absolute Gasteiger partial charge is 0.396 e. The summed E-state index contributed by atoms with van der Waals surface area (Å²) in [5, 5.41) is 17.8. The maximum Gasteiger partial charge on any atom is 0.161 e. The van der Waals surface area contributed by atoms with Crippen LogP contribution in [-0.2, 0) is 4.79 Å². The molecule has 1 atom stereocenters. The summed E-state index contributed by atoms with van der Waals surface area (Å²) in [4.78, 5) is 11.0. The molecule has 0 saturated heterocycles. The van der Waals surface area contributed by atoms with Crippen molar-refractivity contribution >= 4 is 11.9 Å². The Labute approximate surface area is 163 Å². The summed E-state index contributed by atoms with van der Waals surface area (Å²) in [6.07, 6.45) is 5.44. The summed E-state index contributed by atoms with van der Waals surface area (Å²) < 4.78 is 0. The lowest BCUT2D eigenvalue weighted by Gasteiger charge is -2.08. The fraction of sp³-hybridized carbons (Fsp3) is 0.333. The van der Waals surface area contributed by atoms with Crippen LogP contribution in [0, 0.1) is 17.2 Å². The summed E-state index contributed by atoms with van der Waals surface area (Å²) >= 11 is 0. The second kappa shape index (κ2) is 13.5. The van der Waals surface area contributed by atoms with Crippen molar-refractivity contribution in [2.24, 2.45) is 5.92 Å². The minimum absolute atomic E-state index is 0.146. The van der Waals surface area contributed by atoms with Crippen LogP contribution in [0.15, 0.2) is 66.2 Å². The number of rotatable bonds is 8. The summed E-state index contributed by atoms with van der Waals surface area (Å²) in [5.74, 6) is 0.560. The van der Waals surface area contributed by atoms with E-state index in [4.69, 9.17) is 10.4 Å². The molecule has 0 spiro atoms. The number of aliphatic hydroxyl groups is 1. The van der Waals surface area contributed by atoms with Crippen LogP contribution in [0.4, 0.5) is 0 Å². The Morgan fingerprint density at radius 3 is 1.89 bits per heavy atom. The van der Waals surface area contributed by atoms with Crippen molar-refractivity contribution in [1.29, 1.82) is 5.26 Å². The molecular weight excluding hydrogens is 334 g/mol. The number of aliphatic hydroxyl groups excluding tert-OH is 1. The third kappa shape index (κ3) is 7.60. The van der Waals surface area contributed by atoms with Gasteiger partial charge in [0.05, 0.1) is 0 Å². The number of carbonyl (C=O) groups excluding carboxylic acids is 1. The van der Waals surface area contributed by atoms with E-state index in [1.807, 2.05) is 66.7 Å².